The number of hydrogen-bond donors (Lipinski definition) is 1. The predicted octanol–water partition coefficient (Wildman–Crippen LogP) is 5.08. The van der Waals surface area contributed by atoms with Crippen LogP contribution in [-0.4, -0.2) is 41.0 Å². The number of allylic oxidation sites excluding steroid dienone is 1. The van der Waals surface area contributed by atoms with Crippen molar-refractivity contribution in [2.75, 3.05) is 0 Å². The van der Waals surface area contributed by atoms with Gasteiger partial charge in [0.15, 0.2) is 11.6 Å². The number of benzene rings is 2. The summed E-state index contributed by atoms with van der Waals surface area (Å²) in [6.07, 6.45) is 4.28. The first kappa shape index (κ1) is 25.0. The highest BCUT2D eigenvalue weighted by Crippen LogP contribution is 2.27. The van der Waals surface area contributed by atoms with Crippen LogP contribution in [0, 0.1) is 0 Å². The second-order valence-electron chi connectivity index (χ2n) is 8.09. The lowest BCUT2D eigenvalue weighted by Gasteiger charge is -2.23. The minimum Gasteiger partial charge on any atom is -0.479 e. The molecule has 0 spiro atoms. The molecule has 33 heavy (non-hydrogen) atoms. The Hall–Kier alpha value is -2.67. The molecule has 0 aliphatic carbocycles. The van der Waals surface area contributed by atoms with Crippen molar-refractivity contribution < 1.29 is 24.2 Å². The van der Waals surface area contributed by atoms with Gasteiger partial charge in [0.25, 0.3) is 0 Å². The van der Waals surface area contributed by atoms with E-state index in [2.05, 4.69) is 4.99 Å². The molecular weight excluding hydrogens is 465 g/mol. The van der Waals surface area contributed by atoms with Crippen LogP contribution < -0.4 is 0 Å². The van der Waals surface area contributed by atoms with Crippen LogP contribution in [0.5, 0.6) is 0 Å². The summed E-state index contributed by atoms with van der Waals surface area (Å²) < 4.78 is 11.1. The summed E-state index contributed by atoms with van der Waals surface area (Å²) in [6, 6.07) is 12.4. The van der Waals surface area contributed by atoms with E-state index in [0.29, 0.717) is 15.6 Å². The van der Waals surface area contributed by atoms with Crippen molar-refractivity contribution in [1.82, 2.24) is 0 Å². The number of carboxylic acids is 1. The largest absolute Gasteiger partial charge is 0.479 e. The van der Waals surface area contributed by atoms with Crippen molar-refractivity contribution in [2.45, 2.75) is 51.0 Å². The molecule has 2 atom stereocenters. The molecule has 0 aromatic heterocycles. The highest BCUT2D eigenvalue weighted by atomic mass is 35.5. The van der Waals surface area contributed by atoms with Gasteiger partial charge in [-0.1, -0.05) is 47.5 Å². The van der Waals surface area contributed by atoms with Gasteiger partial charge in [0.05, 0.1) is 6.10 Å². The Labute approximate surface area is 202 Å². The van der Waals surface area contributed by atoms with Crippen LogP contribution in [0.1, 0.15) is 30.5 Å². The third kappa shape index (κ3) is 6.67. The Morgan fingerprint density at radius 1 is 1.12 bits per heavy atom. The fourth-order valence-electron chi connectivity index (χ4n) is 3.55. The van der Waals surface area contributed by atoms with Crippen LogP contribution >= 0.6 is 23.2 Å². The maximum Gasteiger partial charge on any atom is 0.338 e. The monoisotopic (exact) mass is 489 g/mol. The quantitative estimate of drug-likeness (QED) is 0.470. The molecule has 1 aliphatic rings. The maximum atomic E-state index is 13.1. The summed E-state index contributed by atoms with van der Waals surface area (Å²) in [4.78, 5) is 29.0. The molecule has 8 heteroatoms. The van der Waals surface area contributed by atoms with Crippen molar-refractivity contribution in [3.8, 4) is 0 Å². The number of halogens is 2. The predicted molar refractivity (Wildman–Crippen MR) is 128 cm³/mol. The Balaban J connectivity index is 1.74. The van der Waals surface area contributed by atoms with Gasteiger partial charge in [-0.2, -0.15) is 0 Å². The van der Waals surface area contributed by atoms with Crippen molar-refractivity contribution in [2.24, 2.45) is 4.99 Å². The second-order valence-corrected chi connectivity index (χ2v) is 8.93. The van der Waals surface area contributed by atoms with E-state index in [9.17, 15) is 14.7 Å². The van der Waals surface area contributed by atoms with Gasteiger partial charge < -0.3 is 14.6 Å². The van der Waals surface area contributed by atoms with Gasteiger partial charge >= 0.3 is 11.9 Å². The van der Waals surface area contributed by atoms with Gasteiger partial charge in [-0.15, -0.1) is 0 Å². The van der Waals surface area contributed by atoms with Crippen molar-refractivity contribution in [1.29, 1.82) is 0 Å². The van der Waals surface area contributed by atoms with Crippen LogP contribution in [0.4, 0.5) is 0 Å². The number of esters is 1. The summed E-state index contributed by atoms with van der Waals surface area (Å²) >= 11 is 12.2. The molecule has 1 N–H and O–H groups in total. The fraction of sp³-hybridized carbons (Fsp3) is 0.320. The molecule has 3 rings (SSSR count). The van der Waals surface area contributed by atoms with Gasteiger partial charge in [0, 0.05) is 34.7 Å². The van der Waals surface area contributed by atoms with Crippen LogP contribution in [0.2, 0.25) is 10.0 Å². The zero-order chi connectivity index (χ0) is 24.0. The number of aliphatic carboxylic acids is 1. The first-order valence-corrected chi connectivity index (χ1v) is 11.2. The average molecular weight is 490 g/mol. The summed E-state index contributed by atoms with van der Waals surface area (Å²) in [6.45, 7) is 3.56. The van der Waals surface area contributed by atoms with Gasteiger partial charge in [-0.05, 0) is 55.3 Å². The van der Waals surface area contributed by atoms with E-state index in [1.165, 1.54) is 0 Å². The Morgan fingerprint density at radius 2 is 1.88 bits per heavy atom. The summed E-state index contributed by atoms with van der Waals surface area (Å²) in [5, 5.41) is 10.4. The lowest BCUT2D eigenvalue weighted by Crippen LogP contribution is -2.37. The molecule has 6 nitrogen and oxygen atoms in total. The number of ether oxygens (including phenoxy) is 2. The van der Waals surface area contributed by atoms with Gasteiger partial charge in [-0.25, -0.2) is 9.59 Å². The SMILES string of the molecule is CC(C)OC(Cc1cccc(CC2(C(=O)OCc3cc(Cl)ccc3Cl)C=CC=N2)c1)C(=O)O. The zero-order valence-corrected chi connectivity index (χ0v) is 19.8. The van der Waals surface area contributed by atoms with E-state index in [0.717, 1.165) is 11.1 Å². The first-order chi connectivity index (χ1) is 15.7. The fourth-order valence-corrected chi connectivity index (χ4v) is 3.92. The molecular formula is C25H25Cl2NO5. The summed E-state index contributed by atoms with van der Waals surface area (Å²) in [5.74, 6) is -1.53. The van der Waals surface area contributed by atoms with Gasteiger partial charge in [0.2, 0.25) is 0 Å². The maximum absolute atomic E-state index is 13.1. The Kier molecular flexibility index (Phi) is 8.30. The van der Waals surface area contributed by atoms with Crippen LogP contribution in [0.3, 0.4) is 0 Å². The molecule has 2 aromatic carbocycles. The smallest absolute Gasteiger partial charge is 0.338 e. The van der Waals surface area contributed by atoms with Gasteiger partial charge in [-0.3, -0.25) is 4.99 Å². The molecule has 0 saturated carbocycles. The number of aliphatic imine (C=N–C) groups is 1. The number of nitrogens with zero attached hydrogens (tertiary/aromatic N) is 1. The topological polar surface area (TPSA) is 85.2 Å². The highest BCUT2D eigenvalue weighted by molar-refractivity contribution is 6.33. The number of hydrogen-bond acceptors (Lipinski definition) is 5. The van der Waals surface area contributed by atoms with Crippen molar-refractivity contribution in [3.63, 3.8) is 0 Å². The minimum absolute atomic E-state index is 0.0315. The molecule has 0 radical (unpaired) electrons. The lowest BCUT2D eigenvalue weighted by atomic mass is 9.90. The number of carbonyl (C=O) groups excluding carboxylic acids is 1. The molecule has 174 valence electrons. The molecule has 2 aromatic rings. The van der Waals surface area contributed by atoms with Crippen LogP contribution in [0.25, 0.3) is 0 Å². The summed E-state index contributed by atoms with van der Waals surface area (Å²) in [7, 11) is 0. The summed E-state index contributed by atoms with van der Waals surface area (Å²) in [5.41, 5.74) is 1.01. The first-order valence-electron chi connectivity index (χ1n) is 10.5. The van der Waals surface area contributed by atoms with E-state index in [4.69, 9.17) is 32.7 Å². The van der Waals surface area contributed by atoms with E-state index in [1.807, 2.05) is 24.3 Å². The molecule has 0 amide bonds. The van der Waals surface area contributed by atoms with Crippen molar-refractivity contribution >= 4 is 41.4 Å². The van der Waals surface area contributed by atoms with E-state index in [-0.39, 0.29) is 25.6 Å². The molecule has 2 unspecified atom stereocenters. The molecule has 1 aliphatic heterocycles. The molecule has 0 fully saturated rings. The standard InChI is InChI=1S/C25H25Cl2NO5/c1-16(2)33-22(23(29)30)12-17-5-3-6-18(11-17)14-25(9-4-10-28-25)24(31)32-15-19-13-20(26)7-8-21(19)27/h3-11,13,16,22H,12,14-15H2,1-2H3,(H,29,30). The van der Waals surface area contributed by atoms with Gasteiger partial charge in [0.1, 0.15) is 6.61 Å². The van der Waals surface area contributed by atoms with E-state index >= 15 is 0 Å². The average Bonchev–Trinajstić information content (AvgIpc) is 3.23. The zero-order valence-electron chi connectivity index (χ0n) is 18.3. The Bertz CT molecular complexity index is 1070. The number of carbonyl (C=O) groups is 2. The third-order valence-corrected chi connectivity index (χ3v) is 5.68. The minimum atomic E-state index is -1.20. The third-order valence-electron chi connectivity index (χ3n) is 5.08. The van der Waals surface area contributed by atoms with Crippen LogP contribution in [-0.2, 0) is 38.5 Å². The Morgan fingerprint density at radius 3 is 2.55 bits per heavy atom. The van der Waals surface area contributed by atoms with Crippen LogP contribution in [0.15, 0.2) is 59.6 Å². The normalized spacial score (nSPS) is 18.0. The molecule has 0 bridgehead atoms. The second kappa shape index (κ2) is 11.0. The molecule has 1 heterocycles. The lowest BCUT2D eigenvalue weighted by molar-refractivity contribution is -0.153. The number of rotatable bonds is 10. The number of carboxylic acid groups (broad SMARTS) is 1. The van der Waals surface area contributed by atoms with Crippen molar-refractivity contribution in [3.05, 3.63) is 81.4 Å². The van der Waals surface area contributed by atoms with E-state index in [1.54, 1.807) is 50.4 Å². The highest BCUT2D eigenvalue weighted by Gasteiger charge is 2.39. The molecule has 0 saturated heterocycles. The van der Waals surface area contributed by atoms with E-state index < -0.39 is 23.6 Å².